The van der Waals surface area contributed by atoms with Gasteiger partial charge in [0.25, 0.3) is 0 Å². The van der Waals surface area contributed by atoms with Gasteiger partial charge in [0.2, 0.25) is 0 Å². The summed E-state index contributed by atoms with van der Waals surface area (Å²) in [6, 6.07) is 9.84. The molecule has 0 aliphatic carbocycles. The number of nitrogens with zero attached hydrogens (tertiary/aromatic N) is 2. The smallest absolute Gasteiger partial charge is 0.153 e. The molecular formula is C12H14N2O2S. The van der Waals surface area contributed by atoms with Gasteiger partial charge in [-0.3, -0.25) is 0 Å². The van der Waals surface area contributed by atoms with E-state index in [-0.39, 0.29) is 11.5 Å². The number of sulfone groups is 1. The predicted octanol–water partition coefficient (Wildman–Crippen LogP) is 0.987. The van der Waals surface area contributed by atoms with Crippen LogP contribution in [-0.4, -0.2) is 33.0 Å². The normalized spacial score (nSPS) is 18.6. The number of hydrogen-bond acceptors (Lipinski definition) is 4. The Morgan fingerprint density at radius 3 is 2.29 bits per heavy atom. The molecule has 0 saturated carbocycles. The lowest BCUT2D eigenvalue weighted by atomic mass is 10.1. The van der Waals surface area contributed by atoms with E-state index in [1.54, 1.807) is 0 Å². The van der Waals surface area contributed by atoms with Crippen molar-refractivity contribution in [1.29, 1.82) is 5.26 Å². The molecule has 2 rings (SSSR count). The zero-order valence-corrected chi connectivity index (χ0v) is 10.3. The molecule has 0 unspecified atom stereocenters. The number of anilines is 1. The standard InChI is InChI=1S/C12H14N2O2S/c13-6-5-11-1-3-12(4-2-11)14-7-9-17(15,16)10-8-14/h1-4H,5,7-10H2. The molecular weight excluding hydrogens is 236 g/mol. The summed E-state index contributed by atoms with van der Waals surface area (Å²) in [5.74, 6) is 0.458. The Balaban J connectivity index is 2.06. The Kier molecular flexibility index (Phi) is 3.34. The van der Waals surface area contributed by atoms with Crippen molar-refractivity contribution < 1.29 is 8.42 Å². The SMILES string of the molecule is N#CCc1ccc(N2CCS(=O)(=O)CC2)cc1. The lowest BCUT2D eigenvalue weighted by Crippen LogP contribution is -2.40. The molecule has 5 heteroatoms. The largest absolute Gasteiger partial charge is 0.369 e. The molecule has 1 heterocycles. The van der Waals surface area contributed by atoms with Gasteiger partial charge in [-0.2, -0.15) is 5.26 Å². The second kappa shape index (κ2) is 4.76. The third kappa shape index (κ3) is 2.98. The van der Waals surface area contributed by atoms with E-state index in [1.165, 1.54) is 0 Å². The maximum atomic E-state index is 11.3. The molecule has 4 nitrogen and oxygen atoms in total. The predicted molar refractivity (Wildman–Crippen MR) is 66.6 cm³/mol. The van der Waals surface area contributed by atoms with E-state index in [0.29, 0.717) is 19.5 Å². The van der Waals surface area contributed by atoms with E-state index < -0.39 is 9.84 Å². The molecule has 1 aromatic rings. The fourth-order valence-electron chi connectivity index (χ4n) is 1.89. The maximum absolute atomic E-state index is 11.3. The van der Waals surface area contributed by atoms with Gasteiger partial charge in [-0.15, -0.1) is 0 Å². The third-order valence-electron chi connectivity index (χ3n) is 2.93. The highest BCUT2D eigenvalue weighted by atomic mass is 32.2. The first-order valence-corrected chi connectivity index (χ1v) is 7.34. The van der Waals surface area contributed by atoms with Crippen LogP contribution in [0.2, 0.25) is 0 Å². The first kappa shape index (κ1) is 11.9. The summed E-state index contributed by atoms with van der Waals surface area (Å²) in [5.41, 5.74) is 2.02. The van der Waals surface area contributed by atoms with E-state index in [1.807, 2.05) is 24.3 Å². The second-order valence-corrected chi connectivity index (χ2v) is 6.44. The van der Waals surface area contributed by atoms with Crippen molar-refractivity contribution in [2.45, 2.75) is 6.42 Å². The van der Waals surface area contributed by atoms with Crippen LogP contribution in [0.15, 0.2) is 24.3 Å². The molecule has 1 aromatic carbocycles. The molecule has 0 atom stereocenters. The summed E-state index contributed by atoms with van der Waals surface area (Å²) >= 11 is 0. The molecule has 90 valence electrons. The first-order valence-electron chi connectivity index (χ1n) is 5.52. The molecule has 1 aliphatic heterocycles. The van der Waals surface area contributed by atoms with Crippen LogP contribution in [0, 0.1) is 11.3 Å². The quantitative estimate of drug-likeness (QED) is 0.785. The van der Waals surface area contributed by atoms with Gasteiger partial charge in [0, 0.05) is 18.8 Å². The zero-order chi connectivity index (χ0) is 12.3. The van der Waals surface area contributed by atoms with E-state index in [0.717, 1.165) is 11.3 Å². The van der Waals surface area contributed by atoms with Gasteiger partial charge in [-0.1, -0.05) is 12.1 Å². The van der Waals surface area contributed by atoms with E-state index in [9.17, 15) is 8.42 Å². The van der Waals surface area contributed by atoms with Gasteiger partial charge < -0.3 is 4.90 Å². The molecule has 0 spiro atoms. The Labute approximate surface area is 101 Å². The molecule has 17 heavy (non-hydrogen) atoms. The Bertz CT molecular complexity index is 515. The van der Waals surface area contributed by atoms with Crippen molar-refractivity contribution in [2.75, 3.05) is 29.5 Å². The minimum atomic E-state index is -2.83. The van der Waals surface area contributed by atoms with E-state index in [2.05, 4.69) is 11.0 Å². The highest BCUT2D eigenvalue weighted by Gasteiger charge is 2.21. The van der Waals surface area contributed by atoms with Gasteiger partial charge in [-0.25, -0.2) is 8.42 Å². The second-order valence-electron chi connectivity index (χ2n) is 4.14. The fraction of sp³-hybridized carbons (Fsp3) is 0.417. The van der Waals surface area contributed by atoms with Crippen molar-refractivity contribution in [1.82, 2.24) is 0 Å². The summed E-state index contributed by atoms with van der Waals surface area (Å²) in [5, 5.41) is 8.57. The van der Waals surface area contributed by atoms with Gasteiger partial charge in [0.15, 0.2) is 9.84 Å². The van der Waals surface area contributed by atoms with Crippen LogP contribution in [0.25, 0.3) is 0 Å². The summed E-state index contributed by atoms with van der Waals surface area (Å²) in [6.45, 7) is 1.11. The van der Waals surface area contributed by atoms with Crippen molar-refractivity contribution in [3.8, 4) is 6.07 Å². The van der Waals surface area contributed by atoms with Crippen LogP contribution in [-0.2, 0) is 16.3 Å². The number of benzene rings is 1. The van der Waals surface area contributed by atoms with E-state index in [4.69, 9.17) is 5.26 Å². The van der Waals surface area contributed by atoms with Gasteiger partial charge in [-0.05, 0) is 17.7 Å². The van der Waals surface area contributed by atoms with Crippen molar-refractivity contribution in [2.24, 2.45) is 0 Å². The monoisotopic (exact) mass is 250 g/mol. The first-order chi connectivity index (χ1) is 8.11. The molecule has 1 saturated heterocycles. The highest BCUT2D eigenvalue weighted by Crippen LogP contribution is 2.18. The van der Waals surface area contributed by atoms with Crippen LogP contribution in [0.4, 0.5) is 5.69 Å². The topological polar surface area (TPSA) is 61.2 Å². The minimum absolute atomic E-state index is 0.229. The molecule has 1 fully saturated rings. The molecule has 0 bridgehead atoms. The average molecular weight is 250 g/mol. The average Bonchev–Trinajstić information content (AvgIpc) is 2.31. The molecule has 0 aromatic heterocycles. The van der Waals surface area contributed by atoms with Gasteiger partial charge >= 0.3 is 0 Å². The number of rotatable bonds is 2. The van der Waals surface area contributed by atoms with Crippen LogP contribution < -0.4 is 4.90 Å². The lowest BCUT2D eigenvalue weighted by molar-refractivity contribution is 0.587. The van der Waals surface area contributed by atoms with Crippen LogP contribution in [0.5, 0.6) is 0 Å². The Morgan fingerprint density at radius 2 is 1.76 bits per heavy atom. The van der Waals surface area contributed by atoms with Crippen molar-refractivity contribution in [3.63, 3.8) is 0 Å². The lowest BCUT2D eigenvalue weighted by Gasteiger charge is -2.28. The Hall–Kier alpha value is -1.54. The number of hydrogen-bond donors (Lipinski definition) is 0. The highest BCUT2D eigenvalue weighted by molar-refractivity contribution is 7.91. The number of nitriles is 1. The molecule has 1 aliphatic rings. The van der Waals surface area contributed by atoms with Crippen LogP contribution in [0.1, 0.15) is 5.56 Å². The Morgan fingerprint density at radius 1 is 1.18 bits per heavy atom. The molecule has 0 radical (unpaired) electrons. The van der Waals surface area contributed by atoms with E-state index >= 15 is 0 Å². The van der Waals surface area contributed by atoms with Crippen molar-refractivity contribution in [3.05, 3.63) is 29.8 Å². The maximum Gasteiger partial charge on any atom is 0.153 e. The van der Waals surface area contributed by atoms with Crippen molar-refractivity contribution >= 4 is 15.5 Å². The van der Waals surface area contributed by atoms with Crippen LogP contribution >= 0.6 is 0 Å². The summed E-state index contributed by atoms with van der Waals surface area (Å²) in [7, 11) is -2.83. The van der Waals surface area contributed by atoms with Gasteiger partial charge in [0.05, 0.1) is 24.0 Å². The summed E-state index contributed by atoms with van der Waals surface area (Å²) in [6.07, 6.45) is 0.411. The summed E-state index contributed by atoms with van der Waals surface area (Å²) < 4.78 is 22.6. The third-order valence-corrected chi connectivity index (χ3v) is 4.54. The fourth-order valence-corrected chi connectivity index (χ4v) is 3.09. The van der Waals surface area contributed by atoms with Gasteiger partial charge in [0.1, 0.15) is 0 Å². The minimum Gasteiger partial charge on any atom is -0.369 e. The summed E-state index contributed by atoms with van der Waals surface area (Å²) in [4.78, 5) is 2.07. The molecule has 0 amide bonds. The van der Waals surface area contributed by atoms with Crippen LogP contribution in [0.3, 0.4) is 0 Å². The zero-order valence-electron chi connectivity index (χ0n) is 9.46. The molecule has 0 N–H and O–H groups in total.